The predicted molar refractivity (Wildman–Crippen MR) is 124 cm³/mol. The number of nitrogens with zero attached hydrogens (tertiary/aromatic N) is 6. The Morgan fingerprint density at radius 1 is 1.47 bits per heavy atom. The molecule has 12 nitrogen and oxygen atoms in total. The van der Waals surface area contributed by atoms with E-state index in [1.165, 1.54) is 11.3 Å². The van der Waals surface area contributed by atoms with Crippen LogP contribution in [0, 0.1) is 0 Å². The summed E-state index contributed by atoms with van der Waals surface area (Å²) in [6, 6.07) is -0.675. The lowest BCUT2D eigenvalue weighted by Gasteiger charge is -2.47. The summed E-state index contributed by atoms with van der Waals surface area (Å²) in [4.78, 5) is 36.3. The molecule has 1 fully saturated rings. The predicted octanol–water partition coefficient (Wildman–Crippen LogP) is 0.117. The number of hydrogen-bond donors (Lipinski definition) is 3. The van der Waals surface area contributed by atoms with Crippen LogP contribution in [0.5, 0.6) is 0 Å². The van der Waals surface area contributed by atoms with Crippen molar-refractivity contribution in [1.82, 2.24) is 29.8 Å². The second-order valence-electron chi connectivity index (χ2n) is 6.55. The molecule has 5 N–H and O–H groups in total. The van der Waals surface area contributed by atoms with Gasteiger partial charge in [-0.1, -0.05) is 28.3 Å². The van der Waals surface area contributed by atoms with E-state index in [4.69, 9.17) is 16.3 Å². The zero-order valence-corrected chi connectivity index (χ0v) is 19.8. The first-order valence-electron chi connectivity index (χ1n) is 9.39. The number of nitrogen functional groups attached to an aromatic ring is 1. The van der Waals surface area contributed by atoms with Gasteiger partial charge < -0.3 is 26.5 Å². The zero-order chi connectivity index (χ0) is 22.5. The molecule has 0 saturated carbocycles. The highest BCUT2D eigenvalue weighted by atomic mass is 32.2. The molecule has 1 saturated heterocycles. The van der Waals surface area contributed by atoms with Crippen molar-refractivity contribution < 1.29 is 14.4 Å². The molecule has 4 heterocycles. The number of rotatable bonds is 10. The van der Waals surface area contributed by atoms with E-state index in [1.807, 2.05) is 6.20 Å². The second-order valence-corrected chi connectivity index (χ2v) is 10.5. The Balaban J connectivity index is 1.38. The summed E-state index contributed by atoms with van der Waals surface area (Å²) in [7, 11) is 0. The number of nitrogens with one attached hydrogen (secondary N) is 1. The van der Waals surface area contributed by atoms with Crippen LogP contribution in [0.3, 0.4) is 0 Å². The first kappa shape index (κ1) is 22.9. The monoisotopic (exact) mass is 513 g/mol. The van der Waals surface area contributed by atoms with Gasteiger partial charge in [-0.2, -0.15) is 9.36 Å². The molecule has 2 aromatic rings. The van der Waals surface area contributed by atoms with E-state index in [9.17, 15) is 9.59 Å². The van der Waals surface area contributed by atoms with Gasteiger partial charge in [-0.15, -0.1) is 22.0 Å². The third-order valence-electron chi connectivity index (χ3n) is 4.31. The van der Waals surface area contributed by atoms with Crippen LogP contribution in [0.4, 0.5) is 5.13 Å². The topological polar surface area (TPSA) is 175 Å². The quantitative estimate of drug-likeness (QED) is 0.129. The lowest BCUT2D eigenvalue weighted by atomic mass is 10.1. The Morgan fingerprint density at radius 3 is 3.06 bits per heavy atom. The van der Waals surface area contributed by atoms with Crippen LogP contribution in [-0.2, 0) is 14.4 Å². The molecule has 2 amide bonds. The number of carbonyl (C=O) groups excluding carboxylic acids is 2. The SMILES string of the molecule is NCCCON=C(C(=O)NC1C(=O)N2C=C(CSc3nncs3)CS[C@@H]12)c1nsc(N)n1. The van der Waals surface area contributed by atoms with Crippen molar-refractivity contribution in [2.75, 3.05) is 30.4 Å². The number of hydrogen-bond acceptors (Lipinski definition) is 14. The van der Waals surface area contributed by atoms with Crippen molar-refractivity contribution in [1.29, 1.82) is 0 Å². The molecule has 32 heavy (non-hydrogen) atoms. The molecule has 170 valence electrons. The molecular formula is C16H19N9O3S4. The molecule has 2 atom stereocenters. The van der Waals surface area contributed by atoms with Crippen LogP contribution in [0.1, 0.15) is 12.2 Å². The molecule has 0 aliphatic carbocycles. The average Bonchev–Trinajstić information content (AvgIpc) is 3.47. The lowest BCUT2D eigenvalue weighted by molar-refractivity contribution is -0.143. The van der Waals surface area contributed by atoms with Crippen LogP contribution in [0.2, 0.25) is 0 Å². The summed E-state index contributed by atoms with van der Waals surface area (Å²) in [6.45, 7) is 0.670. The van der Waals surface area contributed by atoms with E-state index in [2.05, 4.69) is 30.0 Å². The molecule has 2 aromatic heterocycles. The number of aromatic nitrogens is 4. The Kier molecular flexibility index (Phi) is 7.56. The van der Waals surface area contributed by atoms with Gasteiger partial charge in [0.2, 0.25) is 11.5 Å². The summed E-state index contributed by atoms with van der Waals surface area (Å²) in [6.07, 6.45) is 2.43. The van der Waals surface area contributed by atoms with Crippen LogP contribution in [-0.4, -0.2) is 78.1 Å². The maximum absolute atomic E-state index is 12.9. The number of fused-ring (bicyclic) bond motifs is 1. The van der Waals surface area contributed by atoms with Gasteiger partial charge in [0, 0.05) is 29.2 Å². The van der Waals surface area contributed by atoms with E-state index in [1.54, 1.807) is 33.9 Å². The number of nitrogens with two attached hydrogens (primary N) is 2. The third-order valence-corrected chi connectivity index (χ3v) is 8.20. The lowest BCUT2D eigenvalue weighted by Crippen LogP contribution is -2.69. The maximum atomic E-state index is 12.9. The van der Waals surface area contributed by atoms with Gasteiger partial charge in [0.15, 0.2) is 9.47 Å². The average molecular weight is 514 g/mol. The van der Waals surface area contributed by atoms with E-state index in [-0.39, 0.29) is 34.6 Å². The fraction of sp³-hybridized carbons (Fsp3) is 0.438. The Labute approximate surface area is 199 Å². The van der Waals surface area contributed by atoms with Gasteiger partial charge >= 0.3 is 0 Å². The molecule has 16 heteroatoms. The highest BCUT2D eigenvalue weighted by Gasteiger charge is 2.49. The van der Waals surface area contributed by atoms with Crippen LogP contribution < -0.4 is 16.8 Å². The highest BCUT2D eigenvalue weighted by molar-refractivity contribution is 8.01. The van der Waals surface area contributed by atoms with E-state index < -0.39 is 11.9 Å². The molecule has 0 radical (unpaired) electrons. The van der Waals surface area contributed by atoms with Crippen molar-refractivity contribution in [2.45, 2.75) is 22.2 Å². The Morgan fingerprint density at radius 2 is 2.34 bits per heavy atom. The van der Waals surface area contributed by atoms with Crippen molar-refractivity contribution in [2.24, 2.45) is 10.9 Å². The molecule has 2 aliphatic rings. The summed E-state index contributed by atoms with van der Waals surface area (Å²) in [5, 5.41) is 14.4. The number of oxime groups is 1. The summed E-state index contributed by atoms with van der Waals surface area (Å²) in [5.74, 6) is 0.733. The molecule has 2 aliphatic heterocycles. The number of thioether (sulfide) groups is 2. The van der Waals surface area contributed by atoms with Crippen molar-refractivity contribution in [3.63, 3.8) is 0 Å². The maximum Gasteiger partial charge on any atom is 0.278 e. The largest absolute Gasteiger partial charge is 0.395 e. The molecule has 0 aromatic carbocycles. The van der Waals surface area contributed by atoms with Gasteiger partial charge in [-0.25, -0.2) is 0 Å². The Hall–Kier alpha value is -2.27. The van der Waals surface area contributed by atoms with Crippen LogP contribution in [0.25, 0.3) is 0 Å². The minimum atomic E-state index is -0.675. The van der Waals surface area contributed by atoms with Crippen molar-refractivity contribution in [3.05, 3.63) is 23.1 Å². The first-order valence-corrected chi connectivity index (χ1v) is 13.1. The van der Waals surface area contributed by atoms with Gasteiger partial charge in [-0.05, 0) is 18.5 Å². The van der Waals surface area contributed by atoms with Gasteiger partial charge in [-0.3, -0.25) is 9.59 Å². The van der Waals surface area contributed by atoms with Crippen molar-refractivity contribution in [3.8, 4) is 0 Å². The first-order chi connectivity index (χ1) is 15.6. The van der Waals surface area contributed by atoms with Crippen LogP contribution >= 0.6 is 46.4 Å². The Bertz CT molecular complexity index is 1030. The fourth-order valence-corrected chi connectivity index (χ4v) is 6.08. The summed E-state index contributed by atoms with van der Waals surface area (Å²) >= 11 is 5.59. The van der Waals surface area contributed by atoms with Gasteiger partial charge in [0.1, 0.15) is 23.5 Å². The standard InChI is InChI=1S/C16H19N9O3S4/c17-2-1-3-28-23-9(11-21-15(18)32-24-11)12(26)20-10-13(27)25-4-8(5-29-14(10)25)6-30-16-22-19-7-31-16/h4,7,10,14H,1-3,5-6,17H2,(H,20,26)(H2,18,21,24)/t10?,14-/m0/s1. The summed E-state index contributed by atoms with van der Waals surface area (Å²) < 4.78 is 4.91. The minimum Gasteiger partial charge on any atom is -0.395 e. The molecule has 0 spiro atoms. The normalized spacial score (nSPS) is 20.4. The smallest absolute Gasteiger partial charge is 0.278 e. The minimum absolute atomic E-state index is 0.0496. The van der Waals surface area contributed by atoms with Crippen LogP contribution in [0.15, 0.2) is 26.8 Å². The number of amides is 2. The number of carbonyl (C=O) groups is 2. The van der Waals surface area contributed by atoms with Gasteiger partial charge in [0.25, 0.3) is 11.8 Å². The van der Waals surface area contributed by atoms with E-state index in [0.717, 1.165) is 33.0 Å². The molecule has 1 unspecified atom stereocenters. The van der Waals surface area contributed by atoms with E-state index in [0.29, 0.717) is 13.0 Å². The van der Waals surface area contributed by atoms with Crippen molar-refractivity contribution >= 4 is 69.1 Å². The second kappa shape index (κ2) is 10.6. The summed E-state index contributed by atoms with van der Waals surface area (Å²) in [5.41, 5.74) is 13.7. The number of anilines is 1. The third kappa shape index (κ3) is 5.20. The van der Waals surface area contributed by atoms with E-state index >= 15 is 0 Å². The molecule has 0 bridgehead atoms. The zero-order valence-electron chi connectivity index (χ0n) is 16.5. The number of β-lactam (4-membered cyclic amide) rings is 1. The molecular weight excluding hydrogens is 495 g/mol. The molecule has 4 rings (SSSR count). The fourth-order valence-electron chi connectivity index (χ4n) is 2.80. The van der Waals surface area contributed by atoms with Gasteiger partial charge in [0.05, 0.1) is 0 Å². The highest BCUT2D eigenvalue weighted by Crippen LogP contribution is 2.37.